The molecule has 1 heterocycles. The van der Waals surface area contributed by atoms with Crippen LogP contribution in [0.1, 0.15) is 49.1 Å². The van der Waals surface area contributed by atoms with Crippen molar-refractivity contribution in [1.82, 2.24) is 9.78 Å². The maximum Gasteiger partial charge on any atom is 0.217 e. The minimum Gasteiger partial charge on any atom is -0.493 e. The maximum absolute atomic E-state index is 10.4. The van der Waals surface area contributed by atoms with Gasteiger partial charge in [-0.3, -0.25) is 0 Å². The van der Waals surface area contributed by atoms with Crippen LogP contribution in [-0.2, 0) is 12.8 Å². The molecule has 1 aromatic carbocycles. The fraction of sp³-hybridized carbons (Fsp3) is 0.471. The number of aromatic nitrogens is 2. The Morgan fingerprint density at radius 3 is 2.50 bits per heavy atom. The summed E-state index contributed by atoms with van der Waals surface area (Å²) in [5.74, 6) is 0.293. The Morgan fingerprint density at radius 2 is 1.90 bits per heavy atom. The lowest BCUT2D eigenvalue weighted by Gasteiger charge is -2.06. The van der Waals surface area contributed by atoms with E-state index in [4.69, 9.17) is 0 Å². The Morgan fingerprint density at radius 1 is 1.15 bits per heavy atom. The summed E-state index contributed by atoms with van der Waals surface area (Å²) >= 11 is 0. The fourth-order valence-electron chi connectivity index (χ4n) is 2.43. The zero-order chi connectivity index (χ0) is 14.7. The van der Waals surface area contributed by atoms with Crippen LogP contribution >= 0.6 is 0 Å². The van der Waals surface area contributed by atoms with Crippen LogP contribution in [0.4, 0.5) is 0 Å². The van der Waals surface area contributed by atoms with Crippen molar-refractivity contribution >= 4 is 0 Å². The van der Waals surface area contributed by atoms with Crippen molar-refractivity contribution in [3.63, 3.8) is 0 Å². The third-order valence-electron chi connectivity index (χ3n) is 3.90. The van der Waals surface area contributed by atoms with E-state index in [0.717, 1.165) is 42.6 Å². The highest BCUT2D eigenvalue weighted by atomic mass is 16.3. The lowest BCUT2D eigenvalue weighted by molar-refractivity contribution is 0.428. The summed E-state index contributed by atoms with van der Waals surface area (Å²) in [6, 6.07) is 6.16. The maximum atomic E-state index is 10.4. The molecule has 20 heavy (non-hydrogen) atoms. The van der Waals surface area contributed by atoms with Crippen LogP contribution in [0, 0.1) is 13.8 Å². The van der Waals surface area contributed by atoms with Gasteiger partial charge in [0.1, 0.15) is 0 Å². The molecule has 0 amide bonds. The molecule has 108 valence electrons. The lowest BCUT2D eigenvalue weighted by Crippen LogP contribution is -1.98. The first-order valence-corrected chi connectivity index (χ1v) is 7.45. The minimum atomic E-state index is 0.293. The van der Waals surface area contributed by atoms with Gasteiger partial charge in [-0.1, -0.05) is 26.3 Å². The Balaban J connectivity index is 2.45. The van der Waals surface area contributed by atoms with Crippen LogP contribution in [0.5, 0.6) is 5.88 Å². The van der Waals surface area contributed by atoms with E-state index in [-0.39, 0.29) is 0 Å². The number of rotatable bonds is 5. The topological polar surface area (TPSA) is 38.0 Å². The number of unbranched alkanes of at least 4 members (excludes halogenated alkanes) is 1. The lowest BCUT2D eigenvalue weighted by atomic mass is 10.1. The number of hydrogen-bond acceptors (Lipinski definition) is 2. The molecular weight excluding hydrogens is 248 g/mol. The van der Waals surface area contributed by atoms with Gasteiger partial charge in [0.15, 0.2) is 0 Å². The van der Waals surface area contributed by atoms with Crippen LogP contribution in [0.15, 0.2) is 18.2 Å². The van der Waals surface area contributed by atoms with Gasteiger partial charge in [0.2, 0.25) is 5.88 Å². The molecule has 0 aliphatic carbocycles. The zero-order valence-corrected chi connectivity index (χ0v) is 12.9. The monoisotopic (exact) mass is 272 g/mol. The van der Waals surface area contributed by atoms with Crippen LogP contribution in [0.2, 0.25) is 0 Å². The van der Waals surface area contributed by atoms with E-state index in [1.54, 1.807) is 4.68 Å². The van der Waals surface area contributed by atoms with Crippen LogP contribution in [0.3, 0.4) is 0 Å². The highest BCUT2D eigenvalue weighted by Crippen LogP contribution is 2.27. The molecule has 0 radical (unpaired) electrons. The van der Waals surface area contributed by atoms with E-state index in [9.17, 15) is 5.11 Å². The van der Waals surface area contributed by atoms with Gasteiger partial charge >= 0.3 is 0 Å². The second kappa shape index (κ2) is 6.12. The van der Waals surface area contributed by atoms with Crippen LogP contribution in [0.25, 0.3) is 5.69 Å². The first-order valence-electron chi connectivity index (χ1n) is 7.45. The molecule has 2 aromatic rings. The molecule has 0 unspecified atom stereocenters. The summed E-state index contributed by atoms with van der Waals surface area (Å²) in [5.41, 5.74) is 5.41. The number of aromatic hydroxyl groups is 1. The molecule has 0 saturated carbocycles. The Kier molecular flexibility index (Phi) is 4.48. The van der Waals surface area contributed by atoms with Crippen molar-refractivity contribution in [2.24, 2.45) is 0 Å². The van der Waals surface area contributed by atoms with Gasteiger partial charge in [-0.15, -0.1) is 0 Å². The van der Waals surface area contributed by atoms with E-state index in [1.807, 2.05) is 6.07 Å². The number of nitrogens with zero attached hydrogens (tertiary/aromatic N) is 2. The van der Waals surface area contributed by atoms with Crippen LogP contribution in [-0.4, -0.2) is 14.9 Å². The predicted molar refractivity (Wildman–Crippen MR) is 82.7 cm³/mol. The smallest absolute Gasteiger partial charge is 0.217 e. The standard InChI is InChI=1S/C17H24N2O/c1-5-7-8-16-15(6-2)17(20)19(18-16)14-10-9-12(3)13(4)11-14/h9-11,20H,5-8H2,1-4H3. The summed E-state index contributed by atoms with van der Waals surface area (Å²) in [4.78, 5) is 0. The molecule has 0 atom stereocenters. The van der Waals surface area contributed by atoms with E-state index in [2.05, 4.69) is 44.9 Å². The van der Waals surface area contributed by atoms with E-state index < -0.39 is 0 Å². The molecule has 1 N–H and O–H groups in total. The molecule has 3 nitrogen and oxygen atoms in total. The van der Waals surface area contributed by atoms with Crippen LogP contribution < -0.4 is 0 Å². The summed E-state index contributed by atoms with van der Waals surface area (Å²) in [6.45, 7) is 8.41. The molecule has 0 aliphatic heterocycles. The van der Waals surface area contributed by atoms with E-state index >= 15 is 0 Å². The molecule has 0 fully saturated rings. The SMILES string of the molecule is CCCCc1nn(-c2ccc(C)c(C)c2)c(O)c1CC. The number of hydrogen-bond donors (Lipinski definition) is 1. The van der Waals surface area contributed by atoms with Gasteiger partial charge in [0, 0.05) is 5.56 Å². The van der Waals surface area contributed by atoms with Gasteiger partial charge in [-0.2, -0.15) is 5.10 Å². The minimum absolute atomic E-state index is 0.293. The molecular formula is C17H24N2O. The fourth-order valence-corrected chi connectivity index (χ4v) is 2.43. The van der Waals surface area contributed by atoms with Crippen molar-refractivity contribution in [3.8, 4) is 11.6 Å². The Labute approximate surface area is 121 Å². The first kappa shape index (κ1) is 14.6. The quantitative estimate of drug-likeness (QED) is 0.890. The Hall–Kier alpha value is -1.77. The van der Waals surface area contributed by atoms with Crippen molar-refractivity contribution in [1.29, 1.82) is 0 Å². The van der Waals surface area contributed by atoms with Crippen molar-refractivity contribution in [2.45, 2.75) is 53.4 Å². The van der Waals surface area contributed by atoms with E-state index in [1.165, 1.54) is 11.1 Å². The highest BCUT2D eigenvalue weighted by Gasteiger charge is 2.16. The molecule has 1 aromatic heterocycles. The van der Waals surface area contributed by atoms with Crippen molar-refractivity contribution < 1.29 is 5.11 Å². The first-order chi connectivity index (χ1) is 9.58. The molecule has 0 aliphatic rings. The summed E-state index contributed by atoms with van der Waals surface area (Å²) in [6.07, 6.45) is 4.00. The summed E-state index contributed by atoms with van der Waals surface area (Å²) < 4.78 is 1.68. The van der Waals surface area contributed by atoms with Gasteiger partial charge in [-0.05, 0) is 56.4 Å². The Bertz CT molecular complexity index is 599. The average Bonchev–Trinajstić information content (AvgIpc) is 2.75. The molecule has 2 rings (SSSR count). The zero-order valence-electron chi connectivity index (χ0n) is 12.9. The average molecular weight is 272 g/mol. The van der Waals surface area contributed by atoms with Crippen molar-refractivity contribution in [2.75, 3.05) is 0 Å². The third-order valence-corrected chi connectivity index (χ3v) is 3.90. The number of benzene rings is 1. The number of aryl methyl sites for hydroxylation is 3. The molecule has 0 spiro atoms. The van der Waals surface area contributed by atoms with Gasteiger partial charge < -0.3 is 5.11 Å². The summed E-state index contributed by atoms with van der Waals surface area (Å²) in [5, 5.41) is 15.0. The normalized spacial score (nSPS) is 11.0. The largest absolute Gasteiger partial charge is 0.493 e. The molecule has 3 heteroatoms. The predicted octanol–water partition coefficient (Wildman–Crippen LogP) is 4.10. The second-order valence-electron chi connectivity index (χ2n) is 5.39. The molecule has 0 bridgehead atoms. The van der Waals surface area contributed by atoms with E-state index in [0.29, 0.717) is 5.88 Å². The molecule has 0 saturated heterocycles. The van der Waals surface area contributed by atoms with Gasteiger partial charge in [0.05, 0.1) is 11.4 Å². The second-order valence-corrected chi connectivity index (χ2v) is 5.39. The third kappa shape index (κ3) is 2.72. The summed E-state index contributed by atoms with van der Waals surface area (Å²) in [7, 11) is 0. The van der Waals surface area contributed by atoms with Crippen molar-refractivity contribution in [3.05, 3.63) is 40.6 Å². The van der Waals surface area contributed by atoms with Gasteiger partial charge in [0.25, 0.3) is 0 Å². The highest BCUT2D eigenvalue weighted by molar-refractivity contribution is 5.44. The van der Waals surface area contributed by atoms with Gasteiger partial charge in [-0.25, -0.2) is 4.68 Å².